The summed E-state index contributed by atoms with van der Waals surface area (Å²) >= 11 is 2.84. The van der Waals surface area contributed by atoms with Crippen LogP contribution in [0.25, 0.3) is 0 Å². The highest BCUT2D eigenvalue weighted by atomic mass is 32.2. The van der Waals surface area contributed by atoms with Gasteiger partial charge in [0.05, 0.1) is 11.6 Å². The fourth-order valence-corrected chi connectivity index (χ4v) is 4.67. The normalized spacial score (nSPS) is 16.2. The molecule has 3 aromatic rings. The van der Waals surface area contributed by atoms with E-state index in [4.69, 9.17) is 0 Å². The van der Waals surface area contributed by atoms with Gasteiger partial charge < -0.3 is 10.2 Å². The van der Waals surface area contributed by atoms with Crippen LogP contribution < -0.4 is 10.2 Å². The highest BCUT2D eigenvalue weighted by molar-refractivity contribution is 8.00. The molecule has 1 atom stereocenters. The Morgan fingerprint density at radius 1 is 1.24 bits per heavy atom. The molecule has 2 amide bonds. The third kappa shape index (κ3) is 4.80. The fourth-order valence-electron chi connectivity index (χ4n) is 3.00. The Bertz CT molecular complexity index is 1010. The van der Waals surface area contributed by atoms with Crippen molar-refractivity contribution < 1.29 is 9.59 Å². The highest BCUT2D eigenvalue weighted by Crippen LogP contribution is 2.30. The van der Waals surface area contributed by atoms with E-state index in [1.165, 1.54) is 23.1 Å². The summed E-state index contributed by atoms with van der Waals surface area (Å²) in [5.41, 5.74) is 2.90. The van der Waals surface area contributed by atoms with E-state index in [0.29, 0.717) is 17.4 Å². The molecule has 4 rings (SSSR count). The molecule has 1 aromatic carbocycles. The van der Waals surface area contributed by atoms with Gasteiger partial charge in [0.2, 0.25) is 16.9 Å². The summed E-state index contributed by atoms with van der Waals surface area (Å²) in [7, 11) is 0. The van der Waals surface area contributed by atoms with Gasteiger partial charge in [-0.15, -0.1) is 10.2 Å². The van der Waals surface area contributed by atoms with Crippen LogP contribution in [0.2, 0.25) is 0 Å². The number of hydrogen-bond donors (Lipinski definition) is 1. The maximum Gasteiger partial charge on any atom is 0.231 e. The number of anilines is 2. The molecule has 0 radical (unpaired) electrons. The lowest BCUT2D eigenvalue weighted by molar-refractivity contribution is -0.122. The van der Waals surface area contributed by atoms with E-state index >= 15 is 0 Å². The second-order valence-electron chi connectivity index (χ2n) is 6.71. The molecule has 7 nitrogen and oxygen atoms in total. The molecule has 2 aromatic heterocycles. The van der Waals surface area contributed by atoms with E-state index < -0.39 is 5.92 Å². The van der Waals surface area contributed by atoms with Gasteiger partial charge >= 0.3 is 0 Å². The maximum absolute atomic E-state index is 12.6. The standard InChI is InChI=1S/C20H19N5O2S2/c1-13-5-7-16(8-6-13)25-11-14(10-17(25)26)18(27)22-19-23-24-20(29-19)28-12-15-4-2-3-9-21-15/h2-9,14H,10-12H2,1H3,(H,22,23,27)/t14-/m0/s1. The van der Waals surface area contributed by atoms with Gasteiger partial charge in [-0.1, -0.05) is 46.9 Å². The Labute approximate surface area is 176 Å². The lowest BCUT2D eigenvalue weighted by atomic mass is 10.1. The van der Waals surface area contributed by atoms with Crippen molar-refractivity contribution in [3.8, 4) is 0 Å². The van der Waals surface area contributed by atoms with Gasteiger partial charge in [-0.05, 0) is 31.2 Å². The van der Waals surface area contributed by atoms with Crippen molar-refractivity contribution in [2.45, 2.75) is 23.4 Å². The Kier molecular flexibility index (Phi) is 5.86. The number of rotatable bonds is 6. The number of nitrogens with one attached hydrogen (secondary N) is 1. The largest absolute Gasteiger partial charge is 0.312 e. The van der Waals surface area contributed by atoms with Crippen molar-refractivity contribution in [1.29, 1.82) is 0 Å². The lowest BCUT2D eigenvalue weighted by Crippen LogP contribution is -2.28. The molecule has 0 bridgehead atoms. The molecule has 0 saturated carbocycles. The van der Waals surface area contributed by atoms with Crippen LogP contribution in [0.3, 0.4) is 0 Å². The van der Waals surface area contributed by atoms with Crippen molar-refractivity contribution in [3.05, 3.63) is 59.9 Å². The maximum atomic E-state index is 12.6. The van der Waals surface area contributed by atoms with Crippen LogP contribution in [0.4, 0.5) is 10.8 Å². The zero-order valence-electron chi connectivity index (χ0n) is 15.7. The predicted octanol–water partition coefficient (Wildman–Crippen LogP) is 3.53. The number of aromatic nitrogens is 3. The van der Waals surface area contributed by atoms with Crippen molar-refractivity contribution >= 4 is 45.7 Å². The minimum atomic E-state index is -0.405. The number of amides is 2. The second-order valence-corrected chi connectivity index (χ2v) is 8.91. The first-order valence-corrected chi connectivity index (χ1v) is 10.9. The minimum Gasteiger partial charge on any atom is -0.312 e. The summed E-state index contributed by atoms with van der Waals surface area (Å²) in [6.45, 7) is 2.37. The van der Waals surface area contributed by atoms with Crippen LogP contribution in [-0.4, -0.2) is 33.5 Å². The van der Waals surface area contributed by atoms with Gasteiger partial charge in [-0.2, -0.15) is 0 Å². The number of benzene rings is 1. The second kappa shape index (κ2) is 8.71. The zero-order valence-corrected chi connectivity index (χ0v) is 17.4. The van der Waals surface area contributed by atoms with E-state index in [2.05, 4.69) is 20.5 Å². The number of carbonyl (C=O) groups excluding carboxylic acids is 2. The number of aryl methyl sites for hydroxylation is 1. The SMILES string of the molecule is Cc1ccc(N2C[C@@H](C(=O)Nc3nnc(SCc4ccccn4)s3)CC2=O)cc1. The average Bonchev–Trinajstić information content (AvgIpc) is 3.34. The first kappa shape index (κ1) is 19.5. The summed E-state index contributed by atoms with van der Waals surface area (Å²) in [6.07, 6.45) is 1.95. The Morgan fingerprint density at radius 3 is 2.83 bits per heavy atom. The van der Waals surface area contributed by atoms with E-state index in [9.17, 15) is 9.59 Å². The molecular formula is C20H19N5O2S2. The topological polar surface area (TPSA) is 88.1 Å². The third-order valence-corrected chi connectivity index (χ3v) is 6.55. The van der Waals surface area contributed by atoms with Gasteiger partial charge in [-0.25, -0.2) is 0 Å². The summed E-state index contributed by atoms with van der Waals surface area (Å²) in [4.78, 5) is 30.9. The third-order valence-electron chi connectivity index (χ3n) is 4.55. The summed E-state index contributed by atoms with van der Waals surface area (Å²) in [6, 6.07) is 13.5. The quantitative estimate of drug-likeness (QED) is 0.480. The summed E-state index contributed by atoms with van der Waals surface area (Å²) in [5, 5.41) is 11.4. The molecule has 148 valence electrons. The molecule has 9 heteroatoms. The molecule has 3 heterocycles. The van der Waals surface area contributed by atoms with Crippen molar-refractivity contribution in [3.63, 3.8) is 0 Å². The van der Waals surface area contributed by atoms with Crippen LogP contribution in [0.15, 0.2) is 53.0 Å². The molecule has 1 N–H and O–H groups in total. The summed E-state index contributed by atoms with van der Waals surface area (Å²) < 4.78 is 0.759. The lowest BCUT2D eigenvalue weighted by Gasteiger charge is -2.16. The predicted molar refractivity (Wildman–Crippen MR) is 114 cm³/mol. The van der Waals surface area contributed by atoms with E-state index in [1.54, 1.807) is 11.1 Å². The van der Waals surface area contributed by atoms with Crippen LogP contribution in [0.5, 0.6) is 0 Å². The molecule has 1 fully saturated rings. The molecule has 0 unspecified atom stereocenters. The van der Waals surface area contributed by atoms with E-state index in [-0.39, 0.29) is 18.2 Å². The van der Waals surface area contributed by atoms with E-state index in [0.717, 1.165) is 21.3 Å². The number of hydrogen-bond acceptors (Lipinski definition) is 7. The molecule has 1 aliphatic rings. The van der Waals surface area contributed by atoms with Crippen molar-refractivity contribution in [2.24, 2.45) is 5.92 Å². The smallest absolute Gasteiger partial charge is 0.231 e. The van der Waals surface area contributed by atoms with Crippen LogP contribution in [0.1, 0.15) is 17.7 Å². The Balaban J connectivity index is 1.33. The minimum absolute atomic E-state index is 0.0436. The van der Waals surface area contributed by atoms with Crippen molar-refractivity contribution in [2.75, 3.05) is 16.8 Å². The molecule has 1 saturated heterocycles. The average molecular weight is 426 g/mol. The number of carbonyl (C=O) groups is 2. The van der Waals surface area contributed by atoms with Crippen LogP contribution in [-0.2, 0) is 15.3 Å². The van der Waals surface area contributed by atoms with Crippen molar-refractivity contribution in [1.82, 2.24) is 15.2 Å². The summed E-state index contributed by atoms with van der Waals surface area (Å²) in [5.74, 6) is 0.0343. The number of pyridine rings is 1. The number of thioether (sulfide) groups is 1. The fraction of sp³-hybridized carbons (Fsp3) is 0.250. The Morgan fingerprint density at radius 2 is 2.07 bits per heavy atom. The first-order valence-electron chi connectivity index (χ1n) is 9.12. The van der Waals surface area contributed by atoms with Gasteiger partial charge in [0.15, 0.2) is 4.34 Å². The molecule has 0 aliphatic carbocycles. The zero-order chi connectivity index (χ0) is 20.2. The highest BCUT2D eigenvalue weighted by Gasteiger charge is 2.35. The van der Waals surface area contributed by atoms with Gasteiger partial charge in [-0.3, -0.25) is 14.6 Å². The van der Waals surface area contributed by atoms with Gasteiger partial charge in [0.1, 0.15) is 0 Å². The molecule has 29 heavy (non-hydrogen) atoms. The molecule has 0 spiro atoms. The van der Waals surface area contributed by atoms with Gasteiger partial charge in [0.25, 0.3) is 0 Å². The first-order chi connectivity index (χ1) is 14.1. The monoisotopic (exact) mass is 425 g/mol. The van der Waals surface area contributed by atoms with E-state index in [1.807, 2.05) is 49.4 Å². The Hall–Kier alpha value is -2.78. The molecule has 1 aliphatic heterocycles. The van der Waals surface area contributed by atoms with Crippen LogP contribution in [0, 0.1) is 12.8 Å². The number of nitrogens with zero attached hydrogens (tertiary/aromatic N) is 4. The molecular weight excluding hydrogens is 406 g/mol. The van der Waals surface area contributed by atoms with Gasteiger partial charge in [0, 0.05) is 30.6 Å². The van der Waals surface area contributed by atoms with Crippen LogP contribution >= 0.6 is 23.1 Å².